The van der Waals surface area contributed by atoms with Crippen LogP contribution in [0, 0.1) is 0 Å². The molecule has 0 radical (unpaired) electrons. The molecule has 0 saturated carbocycles. The predicted molar refractivity (Wildman–Crippen MR) is 67.9 cm³/mol. The van der Waals surface area contributed by atoms with Gasteiger partial charge in [-0.2, -0.15) is 9.61 Å². The number of aromatic nitrogens is 4. The van der Waals surface area contributed by atoms with Gasteiger partial charge in [-0.15, -0.1) is 5.10 Å². The molecule has 2 atom stereocenters. The van der Waals surface area contributed by atoms with Gasteiger partial charge in [0.2, 0.25) is 0 Å². The summed E-state index contributed by atoms with van der Waals surface area (Å²) in [6, 6.07) is 4.53. The number of nitrogens with zero attached hydrogens (tertiary/aromatic N) is 4. The van der Waals surface area contributed by atoms with Gasteiger partial charge in [0, 0.05) is 25.2 Å². The number of hydrogen-bond acceptors (Lipinski definition) is 5. The molecule has 2 unspecified atom stereocenters. The van der Waals surface area contributed by atoms with E-state index in [0.717, 1.165) is 18.9 Å². The summed E-state index contributed by atoms with van der Waals surface area (Å²) >= 11 is 0. The lowest BCUT2D eigenvalue weighted by Gasteiger charge is -2.36. The third kappa shape index (κ3) is 1.86. The maximum absolute atomic E-state index is 11.5. The Kier molecular flexibility index (Phi) is 2.55. The first kappa shape index (κ1) is 11.2. The van der Waals surface area contributed by atoms with Crippen LogP contribution in [0.25, 0.3) is 5.65 Å². The SMILES string of the molecule is CC1CN(c2ccc3n[nH]c(=O)n3n2)CC(C)N1. The Labute approximate surface area is 104 Å². The van der Waals surface area contributed by atoms with Crippen molar-refractivity contribution in [2.45, 2.75) is 25.9 Å². The highest BCUT2D eigenvalue weighted by atomic mass is 16.2. The summed E-state index contributed by atoms with van der Waals surface area (Å²) < 4.78 is 1.30. The maximum Gasteiger partial charge on any atom is 0.364 e. The van der Waals surface area contributed by atoms with Crippen molar-refractivity contribution in [3.63, 3.8) is 0 Å². The van der Waals surface area contributed by atoms with Crippen LogP contribution in [0.15, 0.2) is 16.9 Å². The highest BCUT2D eigenvalue weighted by molar-refractivity contribution is 5.45. The summed E-state index contributed by atoms with van der Waals surface area (Å²) in [7, 11) is 0. The number of aromatic amines is 1. The number of piperazine rings is 1. The van der Waals surface area contributed by atoms with Gasteiger partial charge in [-0.3, -0.25) is 0 Å². The van der Waals surface area contributed by atoms with E-state index in [4.69, 9.17) is 0 Å². The lowest BCUT2D eigenvalue weighted by molar-refractivity contribution is 0.404. The number of fused-ring (bicyclic) bond motifs is 1. The summed E-state index contributed by atoms with van der Waals surface area (Å²) in [5, 5.41) is 14.1. The molecule has 0 amide bonds. The molecule has 0 aliphatic carbocycles. The summed E-state index contributed by atoms with van der Waals surface area (Å²) in [6.07, 6.45) is 0. The number of rotatable bonds is 1. The Morgan fingerprint density at radius 2 is 2.00 bits per heavy atom. The molecule has 3 rings (SSSR count). The molecule has 2 aromatic rings. The van der Waals surface area contributed by atoms with Gasteiger partial charge >= 0.3 is 5.69 Å². The van der Waals surface area contributed by atoms with Crippen molar-refractivity contribution in [1.82, 2.24) is 25.1 Å². The third-order valence-electron chi connectivity index (χ3n) is 3.14. The fraction of sp³-hybridized carbons (Fsp3) is 0.545. The first-order valence-corrected chi connectivity index (χ1v) is 6.09. The molecule has 1 aliphatic heterocycles. The van der Waals surface area contributed by atoms with E-state index in [-0.39, 0.29) is 5.69 Å². The van der Waals surface area contributed by atoms with Crippen LogP contribution in [0.4, 0.5) is 5.82 Å². The fourth-order valence-corrected chi connectivity index (χ4v) is 2.48. The van der Waals surface area contributed by atoms with Crippen LogP contribution in [-0.4, -0.2) is 45.0 Å². The Morgan fingerprint density at radius 3 is 2.72 bits per heavy atom. The molecule has 7 heteroatoms. The van der Waals surface area contributed by atoms with Crippen LogP contribution >= 0.6 is 0 Å². The van der Waals surface area contributed by atoms with Gasteiger partial charge in [0.25, 0.3) is 0 Å². The molecule has 7 nitrogen and oxygen atoms in total. The van der Waals surface area contributed by atoms with Crippen LogP contribution in [0.3, 0.4) is 0 Å². The molecular formula is C11H16N6O. The van der Waals surface area contributed by atoms with Gasteiger partial charge in [-0.25, -0.2) is 9.89 Å². The lowest BCUT2D eigenvalue weighted by Crippen LogP contribution is -2.54. The minimum Gasteiger partial charge on any atom is -0.352 e. The smallest absolute Gasteiger partial charge is 0.352 e. The van der Waals surface area contributed by atoms with E-state index in [1.54, 1.807) is 6.07 Å². The zero-order valence-electron chi connectivity index (χ0n) is 10.4. The molecule has 96 valence electrons. The van der Waals surface area contributed by atoms with Crippen LogP contribution in [0.2, 0.25) is 0 Å². The average Bonchev–Trinajstić information content (AvgIpc) is 2.69. The van der Waals surface area contributed by atoms with Gasteiger partial charge in [0.1, 0.15) is 5.82 Å². The minimum absolute atomic E-state index is 0.303. The third-order valence-corrected chi connectivity index (χ3v) is 3.14. The Bertz CT molecular complexity index is 607. The van der Waals surface area contributed by atoms with Gasteiger partial charge in [-0.05, 0) is 26.0 Å². The second-order valence-electron chi connectivity index (χ2n) is 4.86. The van der Waals surface area contributed by atoms with Gasteiger partial charge in [-0.1, -0.05) is 0 Å². The summed E-state index contributed by atoms with van der Waals surface area (Å²) in [6.45, 7) is 6.06. The fourth-order valence-electron chi connectivity index (χ4n) is 2.48. The molecular weight excluding hydrogens is 232 g/mol. The van der Waals surface area contributed by atoms with Crippen molar-refractivity contribution in [2.75, 3.05) is 18.0 Å². The van der Waals surface area contributed by atoms with Crippen molar-refractivity contribution in [3.05, 3.63) is 22.6 Å². The average molecular weight is 248 g/mol. The number of H-pyrrole nitrogens is 1. The largest absolute Gasteiger partial charge is 0.364 e. The van der Waals surface area contributed by atoms with Crippen molar-refractivity contribution in [2.24, 2.45) is 0 Å². The second-order valence-corrected chi connectivity index (χ2v) is 4.86. The van der Waals surface area contributed by atoms with Crippen LogP contribution in [0.5, 0.6) is 0 Å². The van der Waals surface area contributed by atoms with Gasteiger partial charge in [0.15, 0.2) is 5.65 Å². The zero-order chi connectivity index (χ0) is 12.7. The summed E-state index contributed by atoms with van der Waals surface area (Å²) in [5.41, 5.74) is 0.239. The highest BCUT2D eigenvalue weighted by Crippen LogP contribution is 2.14. The van der Waals surface area contributed by atoms with Gasteiger partial charge < -0.3 is 10.2 Å². The number of hydrogen-bond donors (Lipinski definition) is 2. The predicted octanol–water partition coefficient (Wildman–Crippen LogP) is -0.396. The van der Waals surface area contributed by atoms with E-state index in [1.807, 2.05) is 6.07 Å². The molecule has 1 saturated heterocycles. The zero-order valence-corrected chi connectivity index (χ0v) is 10.4. The van der Waals surface area contributed by atoms with Crippen molar-refractivity contribution < 1.29 is 0 Å². The maximum atomic E-state index is 11.5. The first-order chi connectivity index (χ1) is 8.63. The van der Waals surface area contributed by atoms with Crippen molar-refractivity contribution in [3.8, 4) is 0 Å². The molecule has 1 fully saturated rings. The summed E-state index contributed by atoms with van der Waals surface area (Å²) in [4.78, 5) is 13.7. The standard InChI is InChI=1S/C11H16N6O/c1-7-5-16(6-8(2)12-7)10-4-3-9-13-14-11(18)17(9)15-10/h3-4,7-8,12H,5-6H2,1-2H3,(H,14,18). The van der Waals surface area contributed by atoms with E-state index in [9.17, 15) is 4.79 Å². The first-order valence-electron chi connectivity index (χ1n) is 6.09. The molecule has 2 N–H and O–H groups in total. The molecule has 18 heavy (non-hydrogen) atoms. The van der Waals surface area contributed by atoms with Crippen molar-refractivity contribution >= 4 is 11.5 Å². The molecule has 1 aliphatic rings. The van der Waals surface area contributed by atoms with Crippen molar-refractivity contribution in [1.29, 1.82) is 0 Å². The Balaban J connectivity index is 1.98. The van der Waals surface area contributed by atoms with Crippen LogP contribution < -0.4 is 15.9 Å². The van der Waals surface area contributed by atoms with Crippen LogP contribution in [0.1, 0.15) is 13.8 Å². The van der Waals surface area contributed by atoms with E-state index in [1.165, 1.54) is 4.52 Å². The van der Waals surface area contributed by atoms with Gasteiger partial charge in [0.05, 0.1) is 0 Å². The second kappa shape index (κ2) is 4.09. The number of anilines is 1. The summed E-state index contributed by atoms with van der Waals surface area (Å²) in [5.74, 6) is 0.811. The highest BCUT2D eigenvalue weighted by Gasteiger charge is 2.22. The normalized spacial score (nSPS) is 24.7. The molecule has 2 aromatic heterocycles. The molecule has 0 spiro atoms. The molecule has 0 bridgehead atoms. The van der Waals surface area contributed by atoms with Crippen LogP contribution in [-0.2, 0) is 0 Å². The lowest BCUT2D eigenvalue weighted by atomic mass is 10.1. The quantitative estimate of drug-likeness (QED) is 0.718. The Hall–Kier alpha value is -1.89. The Morgan fingerprint density at radius 1 is 1.28 bits per heavy atom. The van der Waals surface area contributed by atoms with E-state index in [0.29, 0.717) is 17.7 Å². The molecule has 0 aromatic carbocycles. The minimum atomic E-state index is -0.303. The van der Waals surface area contributed by atoms with E-state index >= 15 is 0 Å². The van der Waals surface area contributed by atoms with E-state index < -0.39 is 0 Å². The topological polar surface area (TPSA) is 78.3 Å². The molecule has 3 heterocycles. The number of nitrogens with one attached hydrogen (secondary N) is 2. The van der Waals surface area contributed by atoms with E-state index in [2.05, 4.69) is 39.4 Å². The monoisotopic (exact) mass is 248 g/mol.